The van der Waals surface area contributed by atoms with Gasteiger partial charge >= 0.3 is 0 Å². The van der Waals surface area contributed by atoms with Crippen LogP contribution in [0.25, 0.3) is 10.2 Å². The van der Waals surface area contributed by atoms with Crippen molar-refractivity contribution in [3.8, 4) is 6.07 Å². The Morgan fingerprint density at radius 2 is 2.04 bits per heavy atom. The summed E-state index contributed by atoms with van der Waals surface area (Å²) in [5, 5.41) is 9.87. The van der Waals surface area contributed by atoms with Crippen LogP contribution in [0.5, 0.6) is 0 Å². The Hall–Kier alpha value is -2.27. The summed E-state index contributed by atoms with van der Waals surface area (Å²) in [5.41, 5.74) is 1.25. The molecule has 7 heteroatoms. The molecular formula is C18H15N3O2S2. The molecule has 0 amide bonds. The fourth-order valence-corrected chi connectivity index (χ4v) is 6.06. The molecule has 1 aliphatic rings. The molecule has 0 N–H and O–H groups in total. The average molecular weight is 369 g/mol. The maximum absolute atomic E-state index is 13.1. The summed E-state index contributed by atoms with van der Waals surface area (Å²) in [6.07, 6.45) is 1.56. The normalized spacial score (nSPS) is 18.4. The van der Waals surface area contributed by atoms with Crippen molar-refractivity contribution in [3.63, 3.8) is 0 Å². The van der Waals surface area contributed by atoms with Crippen LogP contribution in [-0.4, -0.2) is 24.3 Å². The molecule has 5 nitrogen and oxygen atoms in total. The zero-order valence-electron chi connectivity index (χ0n) is 13.3. The summed E-state index contributed by atoms with van der Waals surface area (Å²) in [6.45, 7) is 0.472. The van der Waals surface area contributed by atoms with Crippen LogP contribution in [0.1, 0.15) is 29.5 Å². The zero-order valence-corrected chi connectivity index (χ0v) is 14.9. The molecule has 25 heavy (non-hydrogen) atoms. The fourth-order valence-electron chi connectivity index (χ4n) is 3.17. The summed E-state index contributed by atoms with van der Waals surface area (Å²) in [7, 11) is -3.66. The SMILES string of the molecule is N#Cc1cccc(S(=O)(=O)N2CCC[C@H]2c2nc3ccccc3s2)c1. The van der Waals surface area contributed by atoms with Crippen LogP contribution < -0.4 is 0 Å². The van der Waals surface area contributed by atoms with E-state index < -0.39 is 10.0 Å². The molecule has 0 saturated carbocycles. The molecule has 4 rings (SSSR count). The Morgan fingerprint density at radius 3 is 2.84 bits per heavy atom. The number of benzene rings is 2. The van der Waals surface area contributed by atoms with Gasteiger partial charge in [-0.3, -0.25) is 0 Å². The first kappa shape index (κ1) is 16.2. The monoisotopic (exact) mass is 369 g/mol. The van der Waals surface area contributed by atoms with Crippen LogP contribution in [-0.2, 0) is 10.0 Å². The number of fused-ring (bicyclic) bond motifs is 1. The van der Waals surface area contributed by atoms with Gasteiger partial charge in [-0.15, -0.1) is 11.3 Å². The summed E-state index contributed by atoms with van der Waals surface area (Å²) in [6, 6.07) is 15.8. The van der Waals surface area contributed by atoms with Crippen molar-refractivity contribution in [2.24, 2.45) is 0 Å². The Balaban J connectivity index is 1.74. The van der Waals surface area contributed by atoms with Crippen molar-refractivity contribution in [2.45, 2.75) is 23.8 Å². The van der Waals surface area contributed by atoms with Gasteiger partial charge in [0.15, 0.2) is 0 Å². The number of thiazole rings is 1. The smallest absolute Gasteiger partial charge is 0.239 e. The van der Waals surface area contributed by atoms with Gasteiger partial charge in [0.05, 0.1) is 32.8 Å². The van der Waals surface area contributed by atoms with Crippen LogP contribution in [0.2, 0.25) is 0 Å². The largest absolute Gasteiger partial charge is 0.243 e. The second-order valence-corrected chi connectivity index (χ2v) is 8.89. The van der Waals surface area contributed by atoms with E-state index >= 15 is 0 Å². The molecule has 0 bridgehead atoms. The van der Waals surface area contributed by atoms with Gasteiger partial charge in [0.2, 0.25) is 10.0 Å². The molecule has 1 aliphatic heterocycles. The molecule has 1 atom stereocenters. The van der Waals surface area contributed by atoms with Gasteiger partial charge < -0.3 is 0 Å². The number of rotatable bonds is 3. The van der Waals surface area contributed by atoms with E-state index in [0.717, 1.165) is 28.1 Å². The molecule has 1 aromatic heterocycles. The minimum absolute atomic E-state index is 0.166. The van der Waals surface area contributed by atoms with Crippen molar-refractivity contribution in [2.75, 3.05) is 6.54 Å². The van der Waals surface area contributed by atoms with Crippen LogP contribution in [0.3, 0.4) is 0 Å². The third-order valence-corrected chi connectivity index (χ3v) is 7.41. The van der Waals surface area contributed by atoms with Crippen LogP contribution >= 0.6 is 11.3 Å². The van der Waals surface area contributed by atoms with E-state index in [2.05, 4.69) is 4.98 Å². The van der Waals surface area contributed by atoms with Crippen LogP contribution in [0.4, 0.5) is 0 Å². The summed E-state index contributed by atoms with van der Waals surface area (Å²) >= 11 is 1.55. The highest BCUT2D eigenvalue weighted by atomic mass is 32.2. The maximum atomic E-state index is 13.1. The molecule has 0 radical (unpaired) electrons. The number of nitrogens with zero attached hydrogens (tertiary/aromatic N) is 3. The van der Waals surface area contributed by atoms with Crippen molar-refractivity contribution < 1.29 is 8.42 Å². The lowest BCUT2D eigenvalue weighted by atomic mass is 10.2. The number of hydrogen-bond donors (Lipinski definition) is 0. The fraction of sp³-hybridized carbons (Fsp3) is 0.222. The topological polar surface area (TPSA) is 74.1 Å². The average Bonchev–Trinajstić information content (AvgIpc) is 3.28. The first-order valence-electron chi connectivity index (χ1n) is 7.97. The highest BCUT2D eigenvalue weighted by molar-refractivity contribution is 7.89. The number of para-hydroxylation sites is 1. The standard InChI is InChI=1S/C18H15N3O2S2/c19-12-13-5-3-6-14(11-13)25(22,23)21-10-4-8-16(21)18-20-15-7-1-2-9-17(15)24-18/h1-3,5-7,9,11,16H,4,8,10H2/t16-/m0/s1. The van der Waals surface area contributed by atoms with E-state index in [1.165, 1.54) is 10.4 Å². The highest BCUT2D eigenvalue weighted by Crippen LogP contribution is 2.39. The van der Waals surface area contributed by atoms with Crippen molar-refractivity contribution in [1.82, 2.24) is 9.29 Å². The molecular weight excluding hydrogens is 354 g/mol. The Labute approximate surface area is 150 Å². The van der Waals surface area contributed by atoms with Gasteiger partial charge in [0.1, 0.15) is 5.01 Å². The Kier molecular flexibility index (Phi) is 4.04. The van der Waals surface area contributed by atoms with Gasteiger partial charge in [0.25, 0.3) is 0 Å². The molecule has 3 aromatic rings. The third kappa shape index (κ3) is 2.82. The summed E-state index contributed by atoms with van der Waals surface area (Å²) in [4.78, 5) is 4.81. The van der Waals surface area contributed by atoms with E-state index in [1.807, 2.05) is 30.3 Å². The molecule has 2 aromatic carbocycles. The predicted molar refractivity (Wildman–Crippen MR) is 96.6 cm³/mol. The van der Waals surface area contributed by atoms with Gasteiger partial charge in [0, 0.05) is 6.54 Å². The van der Waals surface area contributed by atoms with Crippen molar-refractivity contribution in [1.29, 1.82) is 5.26 Å². The molecule has 1 fully saturated rings. The predicted octanol–water partition coefficient (Wildman–Crippen LogP) is 3.69. The Morgan fingerprint density at radius 1 is 1.20 bits per heavy atom. The van der Waals surface area contributed by atoms with E-state index in [1.54, 1.807) is 29.5 Å². The van der Waals surface area contributed by atoms with E-state index in [9.17, 15) is 8.42 Å². The lowest BCUT2D eigenvalue weighted by Gasteiger charge is -2.22. The number of sulfonamides is 1. The summed E-state index contributed by atoms with van der Waals surface area (Å²) in [5.74, 6) is 0. The maximum Gasteiger partial charge on any atom is 0.243 e. The molecule has 0 aliphatic carbocycles. The van der Waals surface area contributed by atoms with Crippen LogP contribution in [0.15, 0.2) is 53.4 Å². The molecule has 126 valence electrons. The van der Waals surface area contributed by atoms with Gasteiger partial charge in [-0.2, -0.15) is 9.57 Å². The number of nitriles is 1. The van der Waals surface area contributed by atoms with Gasteiger partial charge in [-0.05, 0) is 43.2 Å². The number of aromatic nitrogens is 1. The lowest BCUT2D eigenvalue weighted by Crippen LogP contribution is -2.30. The number of hydrogen-bond acceptors (Lipinski definition) is 5. The minimum Gasteiger partial charge on any atom is -0.239 e. The van der Waals surface area contributed by atoms with Crippen molar-refractivity contribution in [3.05, 3.63) is 59.1 Å². The molecule has 1 saturated heterocycles. The quantitative estimate of drug-likeness (QED) is 0.706. The third-order valence-electron chi connectivity index (χ3n) is 4.37. The van der Waals surface area contributed by atoms with Gasteiger partial charge in [-0.25, -0.2) is 13.4 Å². The second-order valence-electron chi connectivity index (χ2n) is 5.93. The van der Waals surface area contributed by atoms with E-state index in [-0.39, 0.29) is 10.9 Å². The van der Waals surface area contributed by atoms with Crippen molar-refractivity contribution >= 4 is 31.6 Å². The van der Waals surface area contributed by atoms with E-state index in [0.29, 0.717) is 12.1 Å². The second kappa shape index (κ2) is 6.23. The highest BCUT2D eigenvalue weighted by Gasteiger charge is 2.37. The molecule has 0 spiro atoms. The first-order valence-corrected chi connectivity index (χ1v) is 10.2. The lowest BCUT2D eigenvalue weighted by molar-refractivity contribution is 0.396. The van der Waals surface area contributed by atoms with E-state index in [4.69, 9.17) is 5.26 Å². The minimum atomic E-state index is -3.66. The van der Waals surface area contributed by atoms with Crippen LogP contribution in [0, 0.1) is 11.3 Å². The first-order chi connectivity index (χ1) is 12.1. The molecule has 0 unspecified atom stereocenters. The molecule has 2 heterocycles. The Bertz CT molecular complexity index is 1050. The summed E-state index contributed by atoms with van der Waals surface area (Å²) < 4.78 is 28.8. The zero-order chi connectivity index (χ0) is 17.4. The van der Waals surface area contributed by atoms with Gasteiger partial charge in [-0.1, -0.05) is 18.2 Å².